The number of pyridine rings is 1. The highest BCUT2D eigenvalue weighted by Crippen LogP contribution is 2.33. The van der Waals surface area contributed by atoms with Crippen LogP contribution in [0.3, 0.4) is 0 Å². The van der Waals surface area contributed by atoms with Crippen LogP contribution < -0.4 is 4.90 Å². The van der Waals surface area contributed by atoms with Crippen molar-refractivity contribution < 1.29 is 4.79 Å². The monoisotopic (exact) mass is 373 g/mol. The molecule has 8 heteroatoms. The molecular formula is C20H19N7O. The predicted octanol–water partition coefficient (Wildman–Crippen LogP) is 1.29. The Hall–Kier alpha value is -3.47. The Morgan fingerprint density at radius 1 is 1.11 bits per heavy atom. The van der Waals surface area contributed by atoms with Crippen LogP contribution in [-0.2, 0) is 11.3 Å². The summed E-state index contributed by atoms with van der Waals surface area (Å²) in [7, 11) is 0. The molecule has 0 aliphatic carbocycles. The molecular weight excluding hydrogens is 354 g/mol. The van der Waals surface area contributed by atoms with Crippen LogP contribution in [0.4, 0.5) is 5.82 Å². The molecule has 1 amide bonds. The lowest BCUT2D eigenvalue weighted by atomic mass is 10.0. The standard InChI is InChI=1S/C20H19N7O/c21-7-14-5-6-19(22-8-14)25-9-15-11-26(12-16(15)10-25)20(28)13-27-18-4-2-1-3-17(18)23-24-27/h1-6,8,15-16H,9-13H2. The zero-order chi connectivity index (χ0) is 19.1. The molecule has 8 nitrogen and oxygen atoms in total. The SMILES string of the molecule is N#Cc1ccc(N2CC3CN(C(=O)Cn4nnc5ccccc54)CC3C2)nc1. The fourth-order valence-corrected chi connectivity index (χ4v) is 4.29. The number of carbonyl (C=O) groups excluding carboxylic acids is 1. The van der Waals surface area contributed by atoms with E-state index >= 15 is 0 Å². The van der Waals surface area contributed by atoms with Crippen molar-refractivity contribution in [3.8, 4) is 6.07 Å². The molecule has 2 aliphatic rings. The first-order chi connectivity index (χ1) is 13.7. The van der Waals surface area contributed by atoms with Gasteiger partial charge in [-0.15, -0.1) is 5.10 Å². The number of hydrogen-bond donors (Lipinski definition) is 0. The number of likely N-dealkylation sites (tertiary alicyclic amines) is 1. The van der Waals surface area contributed by atoms with E-state index in [1.807, 2.05) is 35.2 Å². The quantitative estimate of drug-likeness (QED) is 0.687. The lowest BCUT2D eigenvalue weighted by Crippen LogP contribution is -2.35. The molecule has 0 bridgehead atoms. The Balaban J connectivity index is 1.22. The van der Waals surface area contributed by atoms with Crippen LogP contribution in [-0.4, -0.2) is 57.0 Å². The van der Waals surface area contributed by atoms with Crippen molar-refractivity contribution in [2.24, 2.45) is 11.8 Å². The molecule has 1 aromatic carbocycles. The van der Waals surface area contributed by atoms with Crippen molar-refractivity contribution in [3.05, 3.63) is 48.2 Å². The van der Waals surface area contributed by atoms with Crippen molar-refractivity contribution in [1.82, 2.24) is 24.9 Å². The van der Waals surface area contributed by atoms with E-state index in [1.54, 1.807) is 16.9 Å². The number of amides is 1. The second-order valence-corrected chi connectivity index (χ2v) is 7.48. The van der Waals surface area contributed by atoms with E-state index in [0.29, 0.717) is 17.4 Å². The minimum atomic E-state index is 0.0908. The van der Waals surface area contributed by atoms with Crippen LogP contribution in [0, 0.1) is 23.2 Å². The van der Waals surface area contributed by atoms with Gasteiger partial charge in [0.05, 0.1) is 11.1 Å². The van der Waals surface area contributed by atoms with Crippen molar-refractivity contribution in [2.75, 3.05) is 31.1 Å². The number of aromatic nitrogens is 4. The van der Waals surface area contributed by atoms with Gasteiger partial charge < -0.3 is 9.80 Å². The van der Waals surface area contributed by atoms with Gasteiger partial charge in [0.2, 0.25) is 5.91 Å². The number of nitriles is 1. The highest BCUT2D eigenvalue weighted by atomic mass is 16.2. The summed E-state index contributed by atoms with van der Waals surface area (Å²) in [6.45, 7) is 3.53. The Labute approximate surface area is 162 Å². The number of anilines is 1. The summed E-state index contributed by atoms with van der Waals surface area (Å²) in [5.74, 6) is 1.90. The molecule has 0 spiro atoms. The summed E-state index contributed by atoms with van der Waals surface area (Å²) in [6.07, 6.45) is 1.61. The number of rotatable bonds is 3. The molecule has 5 rings (SSSR count). The van der Waals surface area contributed by atoms with Gasteiger partial charge in [-0.3, -0.25) is 4.79 Å². The van der Waals surface area contributed by atoms with E-state index in [4.69, 9.17) is 5.26 Å². The van der Waals surface area contributed by atoms with Gasteiger partial charge in [0.15, 0.2) is 0 Å². The summed E-state index contributed by atoms with van der Waals surface area (Å²) in [6, 6.07) is 13.5. The Morgan fingerprint density at radius 2 is 1.89 bits per heavy atom. The Morgan fingerprint density at radius 3 is 2.61 bits per heavy atom. The number of carbonyl (C=O) groups is 1. The smallest absolute Gasteiger partial charge is 0.244 e. The van der Waals surface area contributed by atoms with Crippen molar-refractivity contribution in [3.63, 3.8) is 0 Å². The van der Waals surface area contributed by atoms with Crippen LogP contribution >= 0.6 is 0 Å². The first-order valence-electron chi connectivity index (χ1n) is 9.38. The molecule has 2 aliphatic heterocycles. The zero-order valence-electron chi connectivity index (χ0n) is 15.3. The predicted molar refractivity (Wildman–Crippen MR) is 102 cm³/mol. The maximum atomic E-state index is 12.8. The number of nitrogens with zero attached hydrogens (tertiary/aromatic N) is 7. The van der Waals surface area contributed by atoms with E-state index in [0.717, 1.165) is 43.0 Å². The van der Waals surface area contributed by atoms with Crippen LogP contribution in [0.1, 0.15) is 5.56 Å². The molecule has 2 fully saturated rings. The normalized spacial score (nSPS) is 21.1. The zero-order valence-corrected chi connectivity index (χ0v) is 15.3. The highest BCUT2D eigenvalue weighted by Gasteiger charge is 2.42. The summed E-state index contributed by atoms with van der Waals surface area (Å²) in [5.41, 5.74) is 2.26. The van der Waals surface area contributed by atoms with Gasteiger partial charge in [0.25, 0.3) is 0 Å². The minimum absolute atomic E-state index is 0.0908. The summed E-state index contributed by atoms with van der Waals surface area (Å²) < 4.78 is 1.68. The molecule has 2 saturated heterocycles. The fraction of sp³-hybridized carbons (Fsp3) is 0.350. The molecule has 0 radical (unpaired) electrons. The number of fused-ring (bicyclic) bond motifs is 2. The maximum absolute atomic E-state index is 12.8. The van der Waals surface area contributed by atoms with Gasteiger partial charge in [0.1, 0.15) is 23.9 Å². The largest absolute Gasteiger partial charge is 0.356 e. The van der Waals surface area contributed by atoms with Crippen LogP contribution in [0.5, 0.6) is 0 Å². The average Bonchev–Trinajstić information content (AvgIpc) is 3.41. The van der Waals surface area contributed by atoms with Gasteiger partial charge in [-0.25, -0.2) is 9.67 Å². The van der Waals surface area contributed by atoms with E-state index in [-0.39, 0.29) is 12.5 Å². The molecule has 2 unspecified atom stereocenters. The van der Waals surface area contributed by atoms with Gasteiger partial charge in [-0.2, -0.15) is 5.26 Å². The van der Waals surface area contributed by atoms with Crippen LogP contribution in [0.25, 0.3) is 11.0 Å². The molecule has 28 heavy (non-hydrogen) atoms. The van der Waals surface area contributed by atoms with Crippen molar-refractivity contribution >= 4 is 22.8 Å². The first kappa shape index (κ1) is 16.7. The summed E-state index contributed by atoms with van der Waals surface area (Å²) in [4.78, 5) is 21.4. The lowest BCUT2D eigenvalue weighted by Gasteiger charge is -2.22. The van der Waals surface area contributed by atoms with E-state index in [9.17, 15) is 4.79 Å². The van der Waals surface area contributed by atoms with E-state index in [2.05, 4.69) is 26.3 Å². The van der Waals surface area contributed by atoms with Gasteiger partial charge >= 0.3 is 0 Å². The van der Waals surface area contributed by atoms with Crippen molar-refractivity contribution in [1.29, 1.82) is 5.26 Å². The lowest BCUT2D eigenvalue weighted by molar-refractivity contribution is -0.131. The average molecular weight is 373 g/mol. The minimum Gasteiger partial charge on any atom is -0.356 e. The number of benzene rings is 1. The Kier molecular flexibility index (Phi) is 3.93. The molecule has 2 aromatic heterocycles. The van der Waals surface area contributed by atoms with Gasteiger partial charge in [-0.05, 0) is 24.3 Å². The molecule has 2 atom stereocenters. The molecule has 140 valence electrons. The molecule has 0 saturated carbocycles. The summed E-state index contributed by atoms with van der Waals surface area (Å²) in [5, 5.41) is 17.1. The third kappa shape index (κ3) is 2.85. The second kappa shape index (κ2) is 6.60. The second-order valence-electron chi connectivity index (χ2n) is 7.48. The van der Waals surface area contributed by atoms with Gasteiger partial charge in [-0.1, -0.05) is 17.3 Å². The van der Waals surface area contributed by atoms with Gasteiger partial charge in [0, 0.05) is 44.2 Å². The molecule has 3 aromatic rings. The Bertz CT molecular complexity index is 1050. The molecule has 4 heterocycles. The fourth-order valence-electron chi connectivity index (χ4n) is 4.29. The number of hydrogen-bond acceptors (Lipinski definition) is 6. The third-order valence-corrected chi connectivity index (χ3v) is 5.75. The molecule has 0 N–H and O–H groups in total. The number of para-hydroxylation sites is 1. The maximum Gasteiger partial charge on any atom is 0.244 e. The van der Waals surface area contributed by atoms with E-state index < -0.39 is 0 Å². The van der Waals surface area contributed by atoms with E-state index in [1.165, 1.54) is 0 Å². The van der Waals surface area contributed by atoms with Crippen molar-refractivity contribution in [2.45, 2.75) is 6.54 Å². The first-order valence-corrected chi connectivity index (χ1v) is 9.38. The van der Waals surface area contributed by atoms with Crippen LogP contribution in [0.15, 0.2) is 42.6 Å². The third-order valence-electron chi connectivity index (χ3n) is 5.75. The topological polar surface area (TPSA) is 90.9 Å². The van der Waals surface area contributed by atoms with Crippen LogP contribution in [0.2, 0.25) is 0 Å². The highest BCUT2D eigenvalue weighted by molar-refractivity contribution is 5.80. The summed E-state index contributed by atoms with van der Waals surface area (Å²) >= 11 is 0.